The Kier molecular flexibility index (Phi) is 6.36. The van der Waals surface area contributed by atoms with Crippen LogP contribution in [0.2, 0.25) is 0 Å². The predicted octanol–water partition coefficient (Wildman–Crippen LogP) is 5.53. The Hall–Kier alpha value is -2.49. The van der Waals surface area contributed by atoms with Crippen LogP contribution in [0.15, 0.2) is 81.3 Å². The van der Waals surface area contributed by atoms with Gasteiger partial charge in [0.15, 0.2) is 11.0 Å². The van der Waals surface area contributed by atoms with Gasteiger partial charge in [-0.1, -0.05) is 64.1 Å². The normalized spacial score (nSPS) is 18.8. The Labute approximate surface area is 208 Å². The predicted molar refractivity (Wildman–Crippen MR) is 137 cm³/mol. The maximum absolute atomic E-state index is 13.5. The van der Waals surface area contributed by atoms with Gasteiger partial charge in [-0.15, -0.1) is 22.0 Å². The molecule has 1 amide bonds. The molecule has 2 aromatic carbocycles. The van der Waals surface area contributed by atoms with Crippen LogP contribution in [-0.2, 0) is 11.3 Å². The number of anilines is 1. The van der Waals surface area contributed by atoms with Crippen LogP contribution in [0, 0.1) is 0 Å². The van der Waals surface area contributed by atoms with Gasteiger partial charge in [0.25, 0.3) is 0 Å². The van der Waals surface area contributed by atoms with E-state index in [-0.39, 0.29) is 28.7 Å². The number of rotatable bonds is 5. The zero-order valence-corrected chi connectivity index (χ0v) is 21.0. The molecule has 2 atom stereocenters. The molecule has 5 rings (SSSR count). The third-order valence-electron chi connectivity index (χ3n) is 5.57. The summed E-state index contributed by atoms with van der Waals surface area (Å²) in [4.78, 5) is 16.5. The zero-order chi connectivity index (χ0) is 22.9. The number of carbonyl (C=O) groups is 1. The molecule has 33 heavy (non-hydrogen) atoms. The maximum Gasteiger partial charge on any atom is 0.238 e. The van der Waals surface area contributed by atoms with Crippen LogP contribution in [0.3, 0.4) is 0 Å². The average Bonchev–Trinajstić information content (AvgIpc) is 3.25. The molecule has 2 heterocycles. The van der Waals surface area contributed by atoms with E-state index in [0.29, 0.717) is 23.1 Å². The third-order valence-corrected chi connectivity index (χ3v) is 8.32. The van der Waals surface area contributed by atoms with Crippen LogP contribution in [0.25, 0.3) is 11.4 Å². The first kappa shape index (κ1) is 22.3. The quantitative estimate of drug-likeness (QED) is 0.429. The van der Waals surface area contributed by atoms with E-state index in [4.69, 9.17) is 0 Å². The minimum Gasteiger partial charge on any atom is -0.507 e. The fourth-order valence-electron chi connectivity index (χ4n) is 4.04. The van der Waals surface area contributed by atoms with Gasteiger partial charge in [-0.3, -0.25) is 4.79 Å². The van der Waals surface area contributed by atoms with E-state index in [0.717, 1.165) is 15.1 Å². The number of hydrogen-bond acceptors (Lipinski definition) is 6. The van der Waals surface area contributed by atoms with Gasteiger partial charge in [0.1, 0.15) is 5.75 Å². The molecule has 9 heteroatoms. The molecule has 1 aliphatic carbocycles. The molecule has 1 aliphatic heterocycles. The molecule has 0 radical (unpaired) electrons. The number of halogens is 1. The van der Waals surface area contributed by atoms with Gasteiger partial charge in [0, 0.05) is 15.9 Å². The van der Waals surface area contributed by atoms with Crippen molar-refractivity contribution >= 4 is 51.0 Å². The van der Waals surface area contributed by atoms with Gasteiger partial charge in [-0.05, 0) is 37.3 Å². The van der Waals surface area contributed by atoms with E-state index < -0.39 is 0 Å². The average molecular weight is 541 g/mol. The van der Waals surface area contributed by atoms with E-state index in [2.05, 4.69) is 44.3 Å². The Morgan fingerprint density at radius 2 is 2.00 bits per heavy atom. The van der Waals surface area contributed by atoms with E-state index in [1.54, 1.807) is 23.9 Å². The van der Waals surface area contributed by atoms with Gasteiger partial charge in [-0.25, -0.2) is 0 Å². The number of allylic oxidation sites excluding steroid dienone is 2. The van der Waals surface area contributed by atoms with Crippen molar-refractivity contribution in [2.45, 2.75) is 34.8 Å². The lowest BCUT2D eigenvalue weighted by atomic mass is 10.0. The maximum atomic E-state index is 13.5. The second-order valence-electron chi connectivity index (χ2n) is 7.57. The summed E-state index contributed by atoms with van der Waals surface area (Å²) in [6.45, 7) is 2.61. The Bertz CT molecular complexity index is 1270. The molecule has 0 saturated heterocycles. The van der Waals surface area contributed by atoms with Gasteiger partial charge in [-0.2, -0.15) is 0 Å². The molecule has 0 bridgehead atoms. The van der Waals surface area contributed by atoms with Gasteiger partial charge < -0.3 is 14.6 Å². The van der Waals surface area contributed by atoms with E-state index in [1.807, 2.05) is 52.8 Å². The van der Waals surface area contributed by atoms with Crippen molar-refractivity contribution in [1.82, 2.24) is 14.8 Å². The lowest BCUT2D eigenvalue weighted by molar-refractivity contribution is -0.116. The van der Waals surface area contributed by atoms with Crippen molar-refractivity contribution in [3.05, 3.63) is 71.2 Å². The molecule has 1 N–H and O–H groups in total. The summed E-state index contributed by atoms with van der Waals surface area (Å²) >= 11 is 6.61. The first-order valence-corrected chi connectivity index (χ1v) is 13.2. The summed E-state index contributed by atoms with van der Waals surface area (Å²) in [6, 6.07) is 13.3. The molecular weight excluding hydrogens is 520 g/mol. The standard InChI is InChI=1S/C24H21BrN4O2S2/c1-2-28-23(16-13-15(25)11-12-19(16)30)26-27-24(28)32-14-22(31)29-17-7-3-5-9-20(17)33-21-10-6-4-8-18(21)29/h3-13,17,20,30H,2,14H2,1H3/t17-,20-/m0/s1. The van der Waals surface area contributed by atoms with Crippen molar-refractivity contribution in [3.8, 4) is 17.1 Å². The molecule has 0 spiro atoms. The molecule has 6 nitrogen and oxygen atoms in total. The Balaban J connectivity index is 1.40. The lowest BCUT2D eigenvalue weighted by Crippen LogP contribution is -2.48. The molecule has 2 aliphatic rings. The van der Waals surface area contributed by atoms with Gasteiger partial charge in [0.05, 0.1) is 28.3 Å². The van der Waals surface area contributed by atoms with Crippen LogP contribution in [0.5, 0.6) is 5.75 Å². The number of carbonyl (C=O) groups excluding carboxylic acids is 1. The minimum atomic E-state index is -0.0128. The Morgan fingerprint density at radius 1 is 1.18 bits per heavy atom. The van der Waals surface area contributed by atoms with Gasteiger partial charge in [0.2, 0.25) is 5.91 Å². The second kappa shape index (κ2) is 9.40. The number of aromatic hydroxyl groups is 1. The van der Waals surface area contributed by atoms with Crippen LogP contribution in [0.4, 0.5) is 5.69 Å². The van der Waals surface area contributed by atoms with Crippen molar-refractivity contribution in [3.63, 3.8) is 0 Å². The molecule has 0 unspecified atom stereocenters. The zero-order valence-electron chi connectivity index (χ0n) is 17.8. The van der Waals surface area contributed by atoms with Crippen LogP contribution >= 0.6 is 39.5 Å². The number of hydrogen-bond donors (Lipinski definition) is 1. The number of phenols is 1. The van der Waals surface area contributed by atoms with Crippen LogP contribution in [0.1, 0.15) is 6.92 Å². The number of aromatic nitrogens is 3. The summed E-state index contributed by atoms with van der Waals surface area (Å²) in [5.74, 6) is 0.979. The largest absolute Gasteiger partial charge is 0.507 e. The first-order valence-electron chi connectivity index (χ1n) is 10.5. The highest BCUT2D eigenvalue weighted by atomic mass is 79.9. The van der Waals surface area contributed by atoms with Crippen LogP contribution in [-0.4, -0.2) is 42.8 Å². The molecule has 3 aromatic rings. The van der Waals surface area contributed by atoms with Crippen molar-refractivity contribution in [2.24, 2.45) is 0 Å². The van der Waals surface area contributed by atoms with Crippen molar-refractivity contribution < 1.29 is 9.90 Å². The fraction of sp³-hybridized carbons (Fsp3) is 0.208. The third kappa shape index (κ3) is 4.25. The lowest BCUT2D eigenvalue weighted by Gasteiger charge is -2.40. The minimum absolute atomic E-state index is 0.0128. The monoisotopic (exact) mass is 540 g/mol. The molecule has 0 saturated carbocycles. The molecule has 1 aromatic heterocycles. The first-order chi connectivity index (χ1) is 16.1. The topological polar surface area (TPSA) is 71.2 Å². The van der Waals surface area contributed by atoms with Gasteiger partial charge >= 0.3 is 0 Å². The number of fused-ring (bicyclic) bond motifs is 2. The summed E-state index contributed by atoms with van der Waals surface area (Å²) in [5, 5.41) is 19.8. The number of amides is 1. The van der Waals surface area contributed by atoms with E-state index in [9.17, 15) is 9.90 Å². The number of nitrogens with zero attached hydrogens (tertiary/aromatic N) is 4. The summed E-state index contributed by atoms with van der Waals surface area (Å²) < 4.78 is 2.77. The van der Waals surface area contributed by atoms with Crippen molar-refractivity contribution in [1.29, 1.82) is 0 Å². The SMILES string of the molecule is CCn1c(SCC(=O)N2c3ccccc3S[C@H]3C=CC=C[C@@H]32)nnc1-c1cc(Br)ccc1O. The summed E-state index contributed by atoms with van der Waals surface area (Å²) in [5.41, 5.74) is 1.55. The molecule has 0 fully saturated rings. The highest BCUT2D eigenvalue weighted by Gasteiger charge is 2.36. The summed E-state index contributed by atoms with van der Waals surface area (Å²) in [6.07, 6.45) is 8.30. The van der Waals surface area contributed by atoms with E-state index in [1.165, 1.54) is 11.8 Å². The number of thioether (sulfide) groups is 2. The van der Waals surface area contributed by atoms with E-state index >= 15 is 0 Å². The number of benzene rings is 2. The molecular formula is C24H21BrN4O2S2. The second-order valence-corrected chi connectivity index (χ2v) is 10.7. The highest BCUT2D eigenvalue weighted by molar-refractivity contribution is 9.10. The fourth-order valence-corrected chi connectivity index (χ4v) is 6.52. The number of phenolic OH excluding ortho intramolecular Hbond substituents is 1. The highest BCUT2D eigenvalue weighted by Crippen LogP contribution is 2.44. The molecule has 168 valence electrons. The number of para-hydroxylation sites is 1. The summed E-state index contributed by atoms with van der Waals surface area (Å²) in [7, 11) is 0. The smallest absolute Gasteiger partial charge is 0.238 e. The Morgan fingerprint density at radius 3 is 2.85 bits per heavy atom. The van der Waals surface area contributed by atoms with Crippen LogP contribution < -0.4 is 4.90 Å². The van der Waals surface area contributed by atoms with Crippen molar-refractivity contribution in [2.75, 3.05) is 10.7 Å².